The highest BCUT2D eigenvalue weighted by molar-refractivity contribution is 5.80. The number of hydrogen-bond donors (Lipinski definition) is 1. The summed E-state index contributed by atoms with van der Waals surface area (Å²) in [5.41, 5.74) is 5.10. The number of aliphatic hydroxyl groups is 1. The largest absolute Gasteiger partial charge is 0.381 e. The Morgan fingerprint density at radius 3 is 2.65 bits per heavy atom. The molecule has 2 fully saturated rings. The van der Waals surface area contributed by atoms with Crippen molar-refractivity contribution in [1.29, 1.82) is 0 Å². The van der Waals surface area contributed by atoms with E-state index in [0.717, 1.165) is 77.9 Å². The molecule has 1 aromatic carbocycles. The van der Waals surface area contributed by atoms with Crippen LogP contribution in [0.25, 0.3) is 0 Å². The summed E-state index contributed by atoms with van der Waals surface area (Å²) in [6.45, 7) is 6.95. The van der Waals surface area contributed by atoms with E-state index >= 15 is 0 Å². The van der Waals surface area contributed by atoms with Crippen LogP contribution in [0.5, 0.6) is 0 Å². The summed E-state index contributed by atoms with van der Waals surface area (Å²) in [4.78, 5) is 17.3. The fourth-order valence-electron chi connectivity index (χ4n) is 6.06. The highest BCUT2D eigenvalue weighted by atomic mass is 16.5. The quantitative estimate of drug-likeness (QED) is 0.736. The fraction of sp³-hybridized carbons (Fsp3) is 0.654. The topological polar surface area (TPSA) is 53.0 Å². The van der Waals surface area contributed by atoms with Crippen LogP contribution in [0.2, 0.25) is 0 Å². The third-order valence-electron chi connectivity index (χ3n) is 8.05. The van der Waals surface area contributed by atoms with Gasteiger partial charge in [0.2, 0.25) is 5.91 Å². The second kappa shape index (κ2) is 8.68. The average Bonchev–Trinajstić information content (AvgIpc) is 3.46. The van der Waals surface area contributed by atoms with Gasteiger partial charge in [-0.05, 0) is 74.1 Å². The molecule has 0 unspecified atom stereocenters. The summed E-state index contributed by atoms with van der Waals surface area (Å²) < 4.78 is 5.43. The van der Waals surface area contributed by atoms with Gasteiger partial charge in [-0.1, -0.05) is 24.3 Å². The standard InChI is InChI=1S/C26H36N2O3/c1-26(30)12-2-13-28(26)14-9-19-3-5-20(6-4-19)23-8-7-22-17-27(18-24(22)23)25(29)21-10-15-31-16-11-21/h3-6,21,23,30H,2,7-18H2,1H3/t23-,26-/m1/s1. The predicted octanol–water partition coefficient (Wildman–Crippen LogP) is 3.48. The minimum Gasteiger partial charge on any atom is -0.381 e. The van der Waals surface area contributed by atoms with Gasteiger partial charge in [0.25, 0.3) is 0 Å². The molecule has 1 aliphatic carbocycles. The Bertz CT molecular complexity index is 839. The number of likely N-dealkylation sites (tertiary alicyclic amines) is 2. The molecule has 0 aromatic heterocycles. The molecule has 5 rings (SSSR count). The maximum atomic E-state index is 13.0. The van der Waals surface area contributed by atoms with Gasteiger partial charge in [0.05, 0.1) is 0 Å². The number of rotatable bonds is 5. The Morgan fingerprint density at radius 1 is 1.16 bits per heavy atom. The molecule has 1 amide bonds. The number of hydrogen-bond acceptors (Lipinski definition) is 4. The zero-order chi connectivity index (χ0) is 21.4. The van der Waals surface area contributed by atoms with Crippen molar-refractivity contribution >= 4 is 5.91 Å². The van der Waals surface area contributed by atoms with E-state index in [1.54, 1.807) is 0 Å². The minimum atomic E-state index is -0.636. The smallest absolute Gasteiger partial charge is 0.226 e. The van der Waals surface area contributed by atoms with E-state index in [1.165, 1.54) is 28.7 Å². The van der Waals surface area contributed by atoms with E-state index < -0.39 is 5.72 Å². The third kappa shape index (κ3) is 4.33. The first-order valence-electron chi connectivity index (χ1n) is 12.1. The van der Waals surface area contributed by atoms with Gasteiger partial charge in [-0.3, -0.25) is 9.69 Å². The van der Waals surface area contributed by atoms with Crippen LogP contribution in [0.3, 0.4) is 0 Å². The molecule has 168 valence electrons. The molecular weight excluding hydrogens is 388 g/mol. The summed E-state index contributed by atoms with van der Waals surface area (Å²) in [6, 6.07) is 9.11. The Hall–Kier alpha value is -1.69. The number of carbonyl (C=O) groups excluding carboxylic acids is 1. The Morgan fingerprint density at radius 2 is 1.94 bits per heavy atom. The van der Waals surface area contributed by atoms with Crippen LogP contribution in [0.15, 0.2) is 35.4 Å². The zero-order valence-corrected chi connectivity index (χ0v) is 18.8. The highest BCUT2D eigenvalue weighted by Gasteiger charge is 2.37. The van der Waals surface area contributed by atoms with Crippen LogP contribution in [-0.2, 0) is 16.0 Å². The lowest BCUT2D eigenvalue weighted by Crippen LogP contribution is -2.41. The van der Waals surface area contributed by atoms with Crippen molar-refractivity contribution in [3.63, 3.8) is 0 Å². The molecule has 0 radical (unpaired) electrons. The zero-order valence-electron chi connectivity index (χ0n) is 18.8. The third-order valence-corrected chi connectivity index (χ3v) is 8.05. The van der Waals surface area contributed by atoms with Gasteiger partial charge in [-0.15, -0.1) is 0 Å². The summed E-state index contributed by atoms with van der Waals surface area (Å²) in [5, 5.41) is 10.4. The number of amides is 1. The number of benzene rings is 1. The van der Waals surface area contributed by atoms with E-state index in [4.69, 9.17) is 4.74 Å². The Balaban J connectivity index is 1.19. The molecule has 0 spiro atoms. The first-order valence-corrected chi connectivity index (χ1v) is 12.1. The Labute approximate surface area is 186 Å². The monoisotopic (exact) mass is 424 g/mol. The van der Waals surface area contributed by atoms with Crippen molar-refractivity contribution in [2.75, 3.05) is 39.4 Å². The molecular formula is C26H36N2O3. The fourth-order valence-corrected chi connectivity index (χ4v) is 6.06. The highest BCUT2D eigenvalue weighted by Crippen LogP contribution is 2.43. The maximum Gasteiger partial charge on any atom is 0.226 e. The van der Waals surface area contributed by atoms with E-state index in [1.807, 2.05) is 6.92 Å². The van der Waals surface area contributed by atoms with E-state index in [-0.39, 0.29) is 5.92 Å². The first kappa shape index (κ1) is 21.2. The van der Waals surface area contributed by atoms with Crippen molar-refractivity contribution in [3.05, 3.63) is 46.5 Å². The van der Waals surface area contributed by atoms with Gasteiger partial charge in [-0.25, -0.2) is 0 Å². The molecule has 1 N–H and O–H groups in total. The molecule has 2 atom stereocenters. The summed E-state index contributed by atoms with van der Waals surface area (Å²) in [5.74, 6) is 0.961. The number of ether oxygens (including phenoxy) is 1. The van der Waals surface area contributed by atoms with E-state index in [0.29, 0.717) is 11.8 Å². The average molecular weight is 425 g/mol. The van der Waals surface area contributed by atoms with Crippen LogP contribution in [0.1, 0.15) is 62.5 Å². The van der Waals surface area contributed by atoms with Gasteiger partial charge < -0.3 is 14.7 Å². The van der Waals surface area contributed by atoms with Gasteiger partial charge in [-0.2, -0.15) is 0 Å². The summed E-state index contributed by atoms with van der Waals surface area (Å²) >= 11 is 0. The second-order valence-corrected chi connectivity index (χ2v) is 10.1. The molecule has 31 heavy (non-hydrogen) atoms. The van der Waals surface area contributed by atoms with Gasteiger partial charge in [0, 0.05) is 51.2 Å². The SMILES string of the molecule is C[C@@]1(O)CCCN1CCc1ccc([C@H]2CCC3=C2CN(C(=O)C2CCOCC2)C3)cc1. The van der Waals surface area contributed by atoms with E-state index in [9.17, 15) is 9.90 Å². The molecule has 5 heteroatoms. The molecule has 5 nitrogen and oxygen atoms in total. The van der Waals surface area contributed by atoms with Crippen molar-refractivity contribution < 1.29 is 14.6 Å². The number of carbonyl (C=O) groups is 1. The summed E-state index contributed by atoms with van der Waals surface area (Å²) in [7, 11) is 0. The van der Waals surface area contributed by atoms with Crippen molar-refractivity contribution in [1.82, 2.24) is 9.80 Å². The lowest BCUT2D eigenvalue weighted by molar-refractivity contribution is -0.137. The minimum absolute atomic E-state index is 0.155. The van der Waals surface area contributed by atoms with Crippen molar-refractivity contribution in [2.45, 2.75) is 63.5 Å². The molecule has 0 bridgehead atoms. The van der Waals surface area contributed by atoms with Gasteiger partial charge >= 0.3 is 0 Å². The Kier molecular flexibility index (Phi) is 5.93. The predicted molar refractivity (Wildman–Crippen MR) is 121 cm³/mol. The van der Waals surface area contributed by atoms with Gasteiger partial charge in [0.1, 0.15) is 5.72 Å². The van der Waals surface area contributed by atoms with Crippen LogP contribution < -0.4 is 0 Å². The van der Waals surface area contributed by atoms with Crippen molar-refractivity contribution in [2.24, 2.45) is 5.92 Å². The van der Waals surface area contributed by atoms with E-state index in [2.05, 4.69) is 34.1 Å². The number of nitrogens with zero attached hydrogens (tertiary/aromatic N) is 2. The molecule has 4 aliphatic rings. The van der Waals surface area contributed by atoms with Crippen LogP contribution >= 0.6 is 0 Å². The molecule has 1 aromatic rings. The second-order valence-electron chi connectivity index (χ2n) is 10.1. The van der Waals surface area contributed by atoms with Crippen LogP contribution in [0.4, 0.5) is 0 Å². The molecule has 2 saturated heterocycles. The molecule has 3 aliphatic heterocycles. The van der Waals surface area contributed by atoms with Crippen LogP contribution in [0, 0.1) is 5.92 Å². The maximum absolute atomic E-state index is 13.0. The molecule has 3 heterocycles. The first-order chi connectivity index (χ1) is 15.0. The van der Waals surface area contributed by atoms with Crippen molar-refractivity contribution in [3.8, 4) is 0 Å². The normalized spacial score (nSPS) is 29.7. The summed E-state index contributed by atoms with van der Waals surface area (Å²) in [6.07, 6.45) is 6.99. The lowest BCUT2D eigenvalue weighted by atomic mass is 9.91. The molecule has 0 saturated carbocycles. The van der Waals surface area contributed by atoms with Crippen LogP contribution in [-0.4, -0.2) is 65.9 Å². The van der Waals surface area contributed by atoms with Gasteiger partial charge in [0.15, 0.2) is 0 Å². The lowest BCUT2D eigenvalue weighted by Gasteiger charge is -2.29.